The van der Waals surface area contributed by atoms with Gasteiger partial charge in [-0.25, -0.2) is 0 Å². The first-order valence-corrected chi connectivity index (χ1v) is 9.21. The second-order valence-corrected chi connectivity index (χ2v) is 7.70. The normalized spacial score (nSPS) is 25.2. The first kappa shape index (κ1) is 17.4. The van der Waals surface area contributed by atoms with Crippen LogP contribution in [0.3, 0.4) is 0 Å². The van der Waals surface area contributed by atoms with Crippen LogP contribution in [-0.2, 0) is 12.8 Å². The highest BCUT2D eigenvalue weighted by Crippen LogP contribution is 2.26. The third kappa shape index (κ3) is 3.81. The number of H-pyrrole nitrogens is 1. The second kappa shape index (κ2) is 7.23. The number of carbonyl (C=O) groups is 1. The zero-order valence-electron chi connectivity index (χ0n) is 15.0. The molecule has 0 spiro atoms. The Hall–Kier alpha value is -1.40. The van der Waals surface area contributed by atoms with Gasteiger partial charge in [-0.1, -0.05) is 6.42 Å². The number of hydrogen-bond acceptors (Lipinski definition) is 4. The minimum Gasteiger partial charge on any atom is -0.388 e. The predicted octanol–water partition coefficient (Wildman–Crippen LogP) is 1.60. The quantitative estimate of drug-likeness (QED) is 0.824. The predicted molar refractivity (Wildman–Crippen MR) is 93.1 cm³/mol. The molecular formula is C18H30N4O2. The average molecular weight is 334 g/mol. The summed E-state index contributed by atoms with van der Waals surface area (Å²) in [5.41, 5.74) is 2.20. The number of aliphatic hydroxyl groups is 1. The van der Waals surface area contributed by atoms with Crippen molar-refractivity contribution in [3.8, 4) is 0 Å². The number of amides is 1. The molecular weight excluding hydrogens is 304 g/mol. The van der Waals surface area contributed by atoms with Gasteiger partial charge >= 0.3 is 0 Å². The Morgan fingerprint density at radius 2 is 2.00 bits per heavy atom. The molecule has 1 aromatic heterocycles. The number of rotatable bonds is 3. The van der Waals surface area contributed by atoms with Crippen molar-refractivity contribution in [3.05, 3.63) is 17.0 Å². The SMILES string of the molecule is CN(C)CC1(O)CCCN(C(=O)c2n[nH]c3c2CCCCC3)CC1. The lowest BCUT2D eigenvalue weighted by Gasteiger charge is -2.29. The van der Waals surface area contributed by atoms with Crippen molar-refractivity contribution in [2.45, 2.75) is 57.0 Å². The van der Waals surface area contributed by atoms with Crippen molar-refractivity contribution in [3.63, 3.8) is 0 Å². The Kier molecular flexibility index (Phi) is 5.25. The van der Waals surface area contributed by atoms with Gasteiger partial charge in [-0.3, -0.25) is 9.89 Å². The number of aromatic amines is 1. The van der Waals surface area contributed by atoms with Crippen LogP contribution in [0.1, 0.15) is 60.3 Å². The van der Waals surface area contributed by atoms with Crippen molar-refractivity contribution < 1.29 is 9.90 Å². The van der Waals surface area contributed by atoms with Crippen LogP contribution in [0.5, 0.6) is 0 Å². The molecule has 0 aromatic carbocycles. The van der Waals surface area contributed by atoms with Gasteiger partial charge in [0.15, 0.2) is 5.69 Å². The van der Waals surface area contributed by atoms with Crippen LogP contribution in [0, 0.1) is 0 Å². The van der Waals surface area contributed by atoms with Crippen molar-refractivity contribution >= 4 is 5.91 Å². The molecule has 1 atom stereocenters. The maximum absolute atomic E-state index is 13.0. The van der Waals surface area contributed by atoms with Crippen molar-refractivity contribution in [2.75, 3.05) is 33.7 Å². The Balaban J connectivity index is 1.71. The third-order valence-corrected chi connectivity index (χ3v) is 5.32. The number of likely N-dealkylation sites (tertiary alicyclic amines) is 1. The Morgan fingerprint density at radius 3 is 2.79 bits per heavy atom. The lowest BCUT2D eigenvalue weighted by molar-refractivity contribution is 0.00303. The fourth-order valence-electron chi connectivity index (χ4n) is 4.11. The van der Waals surface area contributed by atoms with Crippen molar-refractivity contribution in [1.29, 1.82) is 0 Å². The lowest BCUT2D eigenvalue weighted by atomic mass is 9.94. The van der Waals surface area contributed by atoms with E-state index in [1.54, 1.807) is 0 Å². The highest BCUT2D eigenvalue weighted by Gasteiger charge is 2.33. The summed E-state index contributed by atoms with van der Waals surface area (Å²) >= 11 is 0. The van der Waals surface area contributed by atoms with Crippen molar-refractivity contribution in [1.82, 2.24) is 20.0 Å². The van der Waals surface area contributed by atoms with Gasteiger partial charge in [0, 0.05) is 30.9 Å². The molecule has 134 valence electrons. The molecule has 2 N–H and O–H groups in total. The zero-order chi connectivity index (χ0) is 17.2. The first-order valence-electron chi connectivity index (χ1n) is 9.21. The summed E-state index contributed by atoms with van der Waals surface area (Å²) < 4.78 is 0. The molecule has 6 nitrogen and oxygen atoms in total. The average Bonchev–Trinajstić information content (AvgIpc) is 2.69. The number of aromatic nitrogens is 2. The molecule has 1 aliphatic carbocycles. The van der Waals surface area contributed by atoms with E-state index in [1.165, 1.54) is 12.8 Å². The highest BCUT2D eigenvalue weighted by molar-refractivity contribution is 5.94. The number of likely N-dealkylation sites (N-methyl/N-ethyl adjacent to an activating group) is 1. The number of aryl methyl sites for hydroxylation is 1. The maximum atomic E-state index is 13.0. The van der Waals surface area contributed by atoms with E-state index < -0.39 is 5.60 Å². The van der Waals surface area contributed by atoms with Gasteiger partial charge in [0.05, 0.1) is 5.60 Å². The molecule has 1 fully saturated rings. The van der Waals surface area contributed by atoms with Crippen LogP contribution in [0.2, 0.25) is 0 Å². The summed E-state index contributed by atoms with van der Waals surface area (Å²) in [5.74, 6) is 0.0310. The number of hydrogen-bond donors (Lipinski definition) is 2. The van der Waals surface area contributed by atoms with Gasteiger partial charge in [0.1, 0.15) is 0 Å². The van der Waals surface area contributed by atoms with E-state index in [0.29, 0.717) is 31.7 Å². The molecule has 1 unspecified atom stereocenters. The molecule has 1 aliphatic heterocycles. The van der Waals surface area contributed by atoms with E-state index in [2.05, 4.69) is 10.2 Å². The van der Waals surface area contributed by atoms with E-state index in [-0.39, 0.29) is 5.91 Å². The maximum Gasteiger partial charge on any atom is 0.274 e. The van der Waals surface area contributed by atoms with Crippen LogP contribution in [0.4, 0.5) is 0 Å². The van der Waals surface area contributed by atoms with Crippen LogP contribution >= 0.6 is 0 Å². The van der Waals surface area contributed by atoms with Gasteiger partial charge in [0.25, 0.3) is 5.91 Å². The highest BCUT2D eigenvalue weighted by atomic mass is 16.3. The molecule has 6 heteroatoms. The Bertz CT molecular complexity index is 584. The van der Waals surface area contributed by atoms with Crippen LogP contribution in [0.15, 0.2) is 0 Å². The van der Waals surface area contributed by atoms with E-state index >= 15 is 0 Å². The van der Waals surface area contributed by atoms with Gasteiger partial charge in [-0.05, 0) is 59.0 Å². The number of fused-ring (bicyclic) bond motifs is 1. The molecule has 3 rings (SSSR count). The van der Waals surface area contributed by atoms with Crippen LogP contribution in [-0.4, -0.2) is 70.3 Å². The molecule has 24 heavy (non-hydrogen) atoms. The largest absolute Gasteiger partial charge is 0.388 e. The van der Waals surface area contributed by atoms with Gasteiger partial charge in [-0.15, -0.1) is 0 Å². The van der Waals surface area contributed by atoms with Gasteiger partial charge in [-0.2, -0.15) is 5.10 Å². The topological polar surface area (TPSA) is 72.5 Å². The minimum absolute atomic E-state index is 0.0310. The Labute approximate surface area is 144 Å². The van der Waals surface area contributed by atoms with Gasteiger partial charge in [0.2, 0.25) is 0 Å². The summed E-state index contributed by atoms with van der Waals surface area (Å²) in [6.07, 6.45) is 7.68. The summed E-state index contributed by atoms with van der Waals surface area (Å²) in [7, 11) is 3.95. The lowest BCUT2D eigenvalue weighted by Crippen LogP contribution is -2.41. The molecule has 1 amide bonds. The van der Waals surface area contributed by atoms with Gasteiger partial charge < -0.3 is 14.9 Å². The molecule has 0 saturated carbocycles. The molecule has 1 saturated heterocycles. The van der Waals surface area contributed by atoms with Crippen molar-refractivity contribution in [2.24, 2.45) is 0 Å². The number of nitrogens with one attached hydrogen (secondary N) is 1. The summed E-state index contributed by atoms with van der Waals surface area (Å²) in [6.45, 7) is 1.95. The molecule has 0 radical (unpaired) electrons. The monoisotopic (exact) mass is 334 g/mol. The summed E-state index contributed by atoms with van der Waals surface area (Å²) in [6, 6.07) is 0. The first-order chi connectivity index (χ1) is 11.5. The molecule has 0 bridgehead atoms. The van der Waals surface area contributed by atoms with E-state index in [1.807, 2.05) is 23.9 Å². The van der Waals surface area contributed by atoms with E-state index in [9.17, 15) is 9.90 Å². The fraction of sp³-hybridized carbons (Fsp3) is 0.778. The number of carbonyl (C=O) groups excluding carboxylic acids is 1. The second-order valence-electron chi connectivity index (χ2n) is 7.70. The van der Waals surface area contributed by atoms with Crippen LogP contribution in [0.25, 0.3) is 0 Å². The summed E-state index contributed by atoms with van der Waals surface area (Å²) in [4.78, 5) is 16.9. The number of nitrogens with zero attached hydrogens (tertiary/aromatic N) is 3. The van der Waals surface area contributed by atoms with E-state index in [0.717, 1.165) is 43.4 Å². The zero-order valence-corrected chi connectivity index (χ0v) is 15.0. The smallest absolute Gasteiger partial charge is 0.274 e. The third-order valence-electron chi connectivity index (χ3n) is 5.32. The molecule has 2 aliphatic rings. The fourth-order valence-corrected chi connectivity index (χ4v) is 4.11. The standard InChI is InChI=1S/C18H30N4O2/c1-21(2)13-18(24)9-6-11-22(12-10-18)17(23)16-14-7-4-3-5-8-15(14)19-20-16/h24H,3-13H2,1-2H3,(H,19,20). The minimum atomic E-state index is -0.693. The molecule has 2 heterocycles. The molecule has 1 aromatic rings. The van der Waals surface area contributed by atoms with E-state index in [4.69, 9.17) is 0 Å². The summed E-state index contributed by atoms with van der Waals surface area (Å²) in [5, 5.41) is 18.2. The van der Waals surface area contributed by atoms with Crippen LogP contribution < -0.4 is 0 Å². The Morgan fingerprint density at radius 1 is 1.21 bits per heavy atom.